The van der Waals surface area contributed by atoms with E-state index in [1.807, 2.05) is 0 Å². The quantitative estimate of drug-likeness (QED) is 0.752. The normalized spacial score (nSPS) is 32.3. The number of aliphatic hydroxyl groups excluding tert-OH is 1. The maximum Gasteiger partial charge on any atom is 0.330 e. The number of nitrogens with one attached hydrogen (secondary N) is 1. The second kappa shape index (κ2) is 5.88. The molecule has 9 heteroatoms. The summed E-state index contributed by atoms with van der Waals surface area (Å²) in [5.41, 5.74) is -2.05. The summed E-state index contributed by atoms with van der Waals surface area (Å²) in [5.74, 6) is 0. The summed E-state index contributed by atoms with van der Waals surface area (Å²) < 4.78 is 19.7. The summed E-state index contributed by atoms with van der Waals surface area (Å²) in [7, 11) is -2.15. The maximum atomic E-state index is 12.1. The van der Waals surface area contributed by atoms with Gasteiger partial charge in [0.05, 0.1) is 13.2 Å². The van der Waals surface area contributed by atoms with Gasteiger partial charge in [0.25, 0.3) is 5.56 Å². The molecular formula is C16H26N2O6Si. The predicted molar refractivity (Wildman–Crippen MR) is 93.1 cm³/mol. The van der Waals surface area contributed by atoms with Gasteiger partial charge in [0.15, 0.2) is 14.5 Å². The van der Waals surface area contributed by atoms with Crippen LogP contribution in [-0.4, -0.2) is 54.0 Å². The summed E-state index contributed by atoms with van der Waals surface area (Å²) in [4.78, 5) is 25.6. The van der Waals surface area contributed by atoms with Gasteiger partial charge in [-0.2, -0.15) is 0 Å². The van der Waals surface area contributed by atoms with Crippen LogP contribution in [0.1, 0.15) is 27.0 Å². The predicted octanol–water partition coefficient (Wildman–Crippen LogP) is 0.586. The SMILES string of the molecule is CC(C)(C)[Si](C)(C)OC1[C@H]2OC[C@]1(CO)O[C@H]2n1ccc(=O)[nH]c1=O. The van der Waals surface area contributed by atoms with E-state index >= 15 is 0 Å². The molecule has 0 aromatic carbocycles. The van der Waals surface area contributed by atoms with E-state index in [1.54, 1.807) is 0 Å². The number of hydrogen-bond acceptors (Lipinski definition) is 6. The van der Waals surface area contributed by atoms with Crippen LogP contribution in [0.2, 0.25) is 18.1 Å². The zero-order valence-electron chi connectivity index (χ0n) is 15.2. The average molecular weight is 370 g/mol. The molecule has 1 unspecified atom stereocenters. The highest BCUT2D eigenvalue weighted by atomic mass is 28.4. The van der Waals surface area contributed by atoms with Crippen LogP contribution in [0.5, 0.6) is 0 Å². The van der Waals surface area contributed by atoms with Gasteiger partial charge in [0.2, 0.25) is 0 Å². The molecule has 0 radical (unpaired) electrons. The average Bonchev–Trinajstić information content (AvgIpc) is 2.98. The van der Waals surface area contributed by atoms with E-state index in [9.17, 15) is 14.7 Å². The smallest absolute Gasteiger partial charge is 0.330 e. The molecule has 1 aromatic rings. The molecule has 3 heterocycles. The number of H-pyrrole nitrogens is 1. The van der Waals surface area contributed by atoms with Gasteiger partial charge in [-0.1, -0.05) is 20.8 Å². The standard InChI is InChI=1S/C16H26N2O6Si/c1-15(2,3)25(4,5)24-12-11-13(23-16(12,8-19)9-22-11)18-7-6-10(20)17-14(18)21/h6-7,11-13,19H,8-9H2,1-5H3,(H,17,20,21)/t11-,12?,13-,16+/m1/s1. The number of fused-ring (bicyclic) bond motifs is 2. The van der Waals surface area contributed by atoms with Gasteiger partial charge in [-0.3, -0.25) is 14.3 Å². The Hall–Kier alpha value is -1.26. The number of nitrogens with zero attached hydrogens (tertiary/aromatic N) is 1. The molecule has 2 aliphatic heterocycles. The molecule has 0 spiro atoms. The van der Waals surface area contributed by atoms with Crippen molar-refractivity contribution in [2.45, 2.75) is 62.9 Å². The van der Waals surface area contributed by atoms with Crippen LogP contribution in [0.25, 0.3) is 0 Å². The van der Waals surface area contributed by atoms with Crippen molar-refractivity contribution < 1.29 is 19.0 Å². The van der Waals surface area contributed by atoms with Crippen LogP contribution >= 0.6 is 0 Å². The van der Waals surface area contributed by atoms with E-state index in [-0.39, 0.29) is 18.3 Å². The number of aliphatic hydroxyl groups is 1. The fourth-order valence-corrected chi connectivity index (χ4v) is 4.37. The monoisotopic (exact) mass is 370 g/mol. The van der Waals surface area contributed by atoms with E-state index < -0.39 is 43.6 Å². The highest BCUT2D eigenvalue weighted by Gasteiger charge is 2.64. The van der Waals surface area contributed by atoms with Crippen LogP contribution in [-0.2, 0) is 13.9 Å². The van der Waals surface area contributed by atoms with E-state index in [1.165, 1.54) is 16.8 Å². The van der Waals surface area contributed by atoms with Gasteiger partial charge >= 0.3 is 5.69 Å². The Morgan fingerprint density at radius 3 is 2.68 bits per heavy atom. The first-order chi connectivity index (χ1) is 11.5. The number of aromatic nitrogens is 2. The van der Waals surface area contributed by atoms with Gasteiger partial charge in [0.1, 0.15) is 17.8 Å². The fraction of sp³-hybridized carbons (Fsp3) is 0.750. The second-order valence-electron chi connectivity index (χ2n) is 8.32. The molecule has 2 saturated heterocycles. The first kappa shape index (κ1) is 18.5. The summed E-state index contributed by atoms with van der Waals surface area (Å²) in [6.45, 7) is 10.6. The van der Waals surface area contributed by atoms with Gasteiger partial charge in [-0.25, -0.2) is 4.79 Å². The Morgan fingerprint density at radius 1 is 1.44 bits per heavy atom. The van der Waals surface area contributed by atoms with Crippen molar-refractivity contribution in [3.63, 3.8) is 0 Å². The molecule has 0 amide bonds. The molecule has 25 heavy (non-hydrogen) atoms. The molecule has 0 saturated carbocycles. The number of ether oxygens (including phenoxy) is 2. The zero-order valence-corrected chi connectivity index (χ0v) is 16.2. The molecule has 2 N–H and O–H groups in total. The number of rotatable bonds is 4. The molecule has 4 atom stereocenters. The summed E-state index contributed by atoms with van der Waals surface area (Å²) in [5, 5.41) is 9.96. The minimum Gasteiger partial charge on any atom is -0.408 e. The van der Waals surface area contributed by atoms with Crippen molar-refractivity contribution in [3.8, 4) is 0 Å². The molecule has 2 aliphatic rings. The topological polar surface area (TPSA) is 103 Å². The first-order valence-electron chi connectivity index (χ1n) is 8.40. The Labute approximate surface area is 146 Å². The highest BCUT2D eigenvalue weighted by molar-refractivity contribution is 6.74. The van der Waals surface area contributed by atoms with Gasteiger partial charge in [-0.15, -0.1) is 0 Å². The Kier molecular flexibility index (Phi) is 4.36. The number of hydrogen-bond donors (Lipinski definition) is 2. The third kappa shape index (κ3) is 2.93. The molecule has 0 aliphatic carbocycles. The second-order valence-corrected chi connectivity index (χ2v) is 13.1. The van der Waals surface area contributed by atoms with Crippen molar-refractivity contribution in [2.75, 3.05) is 13.2 Å². The fourth-order valence-electron chi connectivity index (χ4n) is 3.03. The molecule has 2 fully saturated rings. The molecule has 8 nitrogen and oxygen atoms in total. The number of aromatic amines is 1. The van der Waals surface area contributed by atoms with Crippen LogP contribution in [0.4, 0.5) is 0 Å². The van der Waals surface area contributed by atoms with Crippen molar-refractivity contribution in [2.24, 2.45) is 0 Å². The maximum absolute atomic E-state index is 12.1. The van der Waals surface area contributed by atoms with E-state index in [2.05, 4.69) is 38.8 Å². The van der Waals surface area contributed by atoms with Crippen LogP contribution in [0.15, 0.2) is 21.9 Å². The third-order valence-electron chi connectivity index (χ3n) is 5.59. The van der Waals surface area contributed by atoms with E-state index in [4.69, 9.17) is 13.9 Å². The molecule has 1 aromatic heterocycles. The lowest BCUT2D eigenvalue weighted by Crippen LogP contribution is -2.52. The summed E-state index contributed by atoms with van der Waals surface area (Å²) in [6.07, 6.45) is -0.364. The van der Waals surface area contributed by atoms with Gasteiger partial charge in [-0.05, 0) is 18.1 Å². The van der Waals surface area contributed by atoms with Crippen molar-refractivity contribution in [1.29, 1.82) is 0 Å². The van der Waals surface area contributed by atoms with Crippen LogP contribution in [0, 0.1) is 0 Å². The molecule has 2 bridgehead atoms. The van der Waals surface area contributed by atoms with Crippen molar-refractivity contribution in [1.82, 2.24) is 9.55 Å². The van der Waals surface area contributed by atoms with E-state index in [0.29, 0.717) is 0 Å². The van der Waals surface area contributed by atoms with Gasteiger partial charge < -0.3 is 19.0 Å². The molecule has 3 rings (SSSR count). The lowest BCUT2D eigenvalue weighted by molar-refractivity contribution is -0.187. The Bertz CT molecular complexity index is 767. The van der Waals surface area contributed by atoms with Crippen molar-refractivity contribution >= 4 is 8.32 Å². The minimum atomic E-state index is -2.15. The Balaban J connectivity index is 1.95. The van der Waals surface area contributed by atoms with Crippen LogP contribution < -0.4 is 11.2 Å². The summed E-state index contributed by atoms with van der Waals surface area (Å²) >= 11 is 0. The minimum absolute atomic E-state index is 0.0179. The molecular weight excluding hydrogens is 344 g/mol. The third-order valence-corrected chi connectivity index (χ3v) is 10.0. The van der Waals surface area contributed by atoms with Crippen LogP contribution in [0.3, 0.4) is 0 Å². The van der Waals surface area contributed by atoms with E-state index in [0.717, 1.165) is 0 Å². The largest absolute Gasteiger partial charge is 0.408 e. The highest BCUT2D eigenvalue weighted by Crippen LogP contribution is 2.49. The van der Waals surface area contributed by atoms with Gasteiger partial charge in [0, 0.05) is 12.3 Å². The lowest BCUT2D eigenvalue weighted by atomic mass is 10.0. The van der Waals surface area contributed by atoms with Crippen molar-refractivity contribution in [3.05, 3.63) is 33.1 Å². The molecule has 140 valence electrons. The first-order valence-corrected chi connectivity index (χ1v) is 11.3. The zero-order chi connectivity index (χ0) is 18.6. The summed E-state index contributed by atoms with van der Waals surface area (Å²) in [6, 6.07) is 1.26. The Morgan fingerprint density at radius 2 is 2.12 bits per heavy atom. The lowest BCUT2D eigenvalue weighted by Gasteiger charge is -2.40.